The van der Waals surface area contributed by atoms with Gasteiger partial charge in [-0.3, -0.25) is 0 Å². The minimum absolute atomic E-state index is 0.141. The third-order valence-electron chi connectivity index (χ3n) is 3.81. The van der Waals surface area contributed by atoms with Crippen LogP contribution < -0.4 is 0 Å². The predicted molar refractivity (Wildman–Crippen MR) is 75.6 cm³/mol. The van der Waals surface area contributed by atoms with Crippen molar-refractivity contribution in [2.75, 3.05) is 0 Å². The van der Waals surface area contributed by atoms with Gasteiger partial charge in [-0.1, -0.05) is 65.8 Å². The average Bonchev–Trinajstić information content (AvgIpc) is 2.71. The smallest absolute Gasteiger partial charge is 0.00153 e. The van der Waals surface area contributed by atoms with Gasteiger partial charge in [-0.25, -0.2) is 0 Å². The van der Waals surface area contributed by atoms with Gasteiger partial charge in [-0.15, -0.1) is 0 Å². The van der Waals surface area contributed by atoms with E-state index in [0.717, 1.165) is 11.3 Å². The summed E-state index contributed by atoms with van der Waals surface area (Å²) < 4.78 is 0. The highest BCUT2D eigenvalue weighted by Crippen LogP contribution is 2.62. The summed E-state index contributed by atoms with van der Waals surface area (Å²) in [5.41, 5.74) is 1.89. The maximum atomic E-state index is 2.48. The van der Waals surface area contributed by atoms with Crippen molar-refractivity contribution >= 4 is 7.92 Å². The quantitative estimate of drug-likeness (QED) is 0.585. The first-order chi connectivity index (χ1) is 7.59. The lowest BCUT2D eigenvalue weighted by molar-refractivity contribution is 0.735. The molecule has 0 aromatic carbocycles. The van der Waals surface area contributed by atoms with Crippen LogP contribution in [-0.2, 0) is 0 Å². The Morgan fingerprint density at radius 3 is 2.25 bits per heavy atom. The first-order valence-corrected chi connectivity index (χ1v) is 8.19. The third-order valence-corrected chi connectivity index (χ3v) is 7.76. The van der Waals surface area contributed by atoms with E-state index in [1.165, 1.54) is 32.1 Å². The minimum Gasteiger partial charge on any atom is -0.0906 e. The lowest BCUT2D eigenvalue weighted by Crippen LogP contribution is -2.25. The Hall–Kier alpha value is -0.0900. The fourth-order valence-corrected chi connectivity index (χ4v) is 7.46. The summed E-state index contributed by atoms with van der Waals surface area (Å²) in [5, 5.41) is 0.518. The van der Waals surface area contributed by atoms with Crippen molar-refractivity contribution in [1.82, 2.24) is 0 Å². The van der Waals surface area contributed by atoms with Crippen molar-refractivity contribution in [3.8, 4) is 0 Å². The van der Waals surface area contributed by atoms with Crippen LogP contribution in [0.25, 0.3) is 0 Å². The highest BCUT2D eigenvalue weighted by molar-refractivity contribution is 7.61. The zero-order chi connectivity index (χ0) is 11.6. The molecule has 2 aliphatic rings. The monoisotopic (exact) mass is 236 g/mol. The summed E-state index contributed by atoms with van der Waals surface area (Å²) in [6.45, 7) is 7.38. The minimum atomic E-state index is 0.141. The number of hydrogen-bond donors (Lipinski definition) is 0. The van der Waals surface area contributed by atoms with Crippen LogP contribution in [0.2, 0.25) is 0 Å². The number of allylic oxidation sites excluding steroid dienone is 4. The van der Waals surface area contributed by atoms with E-state index in [9.17, 15) is 0 Å². The molecule has 0 bridgehead atoms. The molecule has 2 atom stereocenters. The molecule has 2 rings (SSSR count). The molecule has 16 heavy (non-hydrogen) atoms. The first-order valence-electron chi connectivity index (χ1n) is 6.71. The molecule has 90 valence electrons. The first kappa shape index (κ1) is 12.4. The SMILES string of the molecule is CC(C)(C)P(C1C=CC=CC1)C1CCCC1. The van der Waals surface area contributed by atoms with Crippen molar-refractivity contribution in [1.29, 1.82) is 0 Å². The Labute approximate surface area is 102 Å². The van der Waals surface area contributed by atoms with Crippen LogP contribution >= 0.6 is 7.92 Å². The van der Waals surface area contributed by atoms with E-state index in [4.69, 9.17) is 0 Å². The van der Waals surface area contributed by atoms with Crippen molar-refractivity contribution in [3.05, 3.63) is 24.3 Å². The van der Waals surface area contributed by atoms with Gasteiger partial charge in [0.2, 0.25) is 0 Å². The summed E-state index contributed by atoms with van der Waals surface area (Å²) in [7, 11) is 0.141. The summed E-state index contributed by atoms with van der Waals surface area (Å²) in [6, 6.07) is 0. The van der Waals surface area contributed by atoms with Crippen LogP contribution in [0.15, 0.2) is 24.3 Å². The lowest BCUT2D eigenvalue weighted by Gasteiger charge is -2.41. The molecular formula is C15H25P. The van der Waals surface area contributed by atoms with Crippen molar-refractivity contribution in [2.45, 2.75) is 69.3 Å². The largest absolute Gasteiger partial charge is 0.0906 e. The molecule has 1 saturated carbocycles. The highest BCUT2D eigenvalue weighted by atomic mass is 31.1. The lowest BCUT2D eigenvalue weighted by atomic mass is 10.2. The molecule has 2 aliphatic carbocycles. The maximum absolute atomic E-state index is 2.48. The number of rotatable bonds is 2. The van der Waals surface area contributed by atoms with Crippen molar-refractivity contribution in [3.63, 3.8) is 0 Å². The van der Waals surface area contributed by atoms with E-state index in [-0.39, 0.29) is 7.92 Å². The number of hydrogen-bond acceptors (Lipinski definition) is 0. The molecule has 0 heterocycles. The Kier molecular flexibility index (Phi) is 3.90. The Balaban J connectivity index is 2.13. The molecule has 0 spiro atoms. The van der Waals surface area contributed by atoms with E-state index < -0.39 is 0 Å². The van der Waals surface area contributed by atoms with E-state index in [0.29, 0.717) is 5.16 Å². The summed E-state index contributed by atoms with van der Waals surface area (Å²) >= 11 is 0. The molecule has 0 N–H and O–H groups in total. The van der Waals surface area contributed by atoms with Gasteiger partial charge in [0.1, 0.15) is 0 Å². The molecule has 0 radical (unpaired) electrons. The Morgan fingerprint density at radius 1 is 1.06 bits per heavy atom. The molecule has 1 fully saturated rings. The maximum Gasteiger partial charge on any atom is 0.00153 e. The van der Waals surface area contributed by atoms with Gasteiger partial charge in [0, 0.05) is 5.66 Å². The van der Waals surface area contributed by atoms with Gasteiger partial charge in [0.25, 0.3) is 0 Å². The van der Waals surface area contributed by atoms with Crippen LogP contribution in [-0.4, -0.2) is 16.5 Å². The fraction of sp³-hybridized carbons (Fsp3) is 0.733. The third kappa shape index (κ3) is 2.77. The summed E-state index contributed by atoms with van der Waals surface area (Å²) in [6.07, 6.45) is 16.6. The van der Waals surface area contributed by atoms with Crippen molar-refractivity contribution in [2.24, 2.45) is 0 Å². The zero-order valence-electron chi connectivity index (χ0n) is 10.9. The predicted octanol–water partition coefficient (Wildman–Crippen LogP) is 5.09. The Morgan fingerprint density at radius 2 is 1.75 bits per heavy atom. The van der Waals surface area contributed by atoms with Gasteiger partial charge < -0.3 is 0 Å². The van der Waals surface area contributed by atoms with E-state index >= 15 is 0 Å². The van der Waals surface area contributed by atoms with E-state index in [2.05, 4.69) is 45.1 Å². The second-order valence-electron chi connectivity index (χ2n) is 6.13. The van der Waals surface area contributed by atoms with E-state index in [1.54, 1.807) is 0 Å². The molecule has 0 amide bonds. The van der Waals surface area contributed by atoms with Crippen LogP contribution in [0.3, 0.4) is 0 Å². The topological polar surface area (TPSA) is 0 Å². The molecule has 0 aromatic rings. The molecule has 2 unspecified atom stereocenters. The van der Waals surface area contributed by atoms with Crippen LogP contribution in [0.4, 0.5) is 0 Å². The van der Waals surface area contributed by atoms with Crippen LogP contribution in [0.1, 0.15) is 52.9 Å². The molecule has 0 saturated heterocycles. The Bertz CT molecular complexity index is 276. The second kappa shape index (κ2) is 5.05. The highest BCUT2D eigenvalue weighted by Gasteiger charge is 2.37. The van der Waals surface area contributed by atoms with Gasteiger partial charge >= 0.3 is 0 Å². The standard InChI is InChI=1S/C15H25P/c1-15(2,3)16(14-11-7-8-12-14)13-9-5-4-6-10-13/h4-6,9,13-14H,7-8,10-12H2,1-3H3. The fourth-order valence-electron chi connectivity index (χ4n) is 3.27. The molecule has 0 aromatic heterocycles. The molecular weight excluding hydrogens is 211 g/mol. The summed E-state index contributed by atoms with van der Waals surface area (Å²) in [4.78, 5) is 0. The average molecular weight is 236 g/mol. The van der Waals surface area contributed by atoms with Gasteiger partial charge in [-0.05, 0) is 30.1 Å². The van der Waals surface area contributed by atoms with Crippen LogP contribution in [0.5, 0.6) is 0 Å². The second-order valence-corrected chi connectivity index (χ2v) is 9.68. The van der Waals surface area contributed by atoms with Gasteiger partial charge in [0.05, 0.1) is 0 Å². The van der Waals surface area contributed by atoms with Gasteiger partial charge in [-0.2, -0.15) is 0 Å². The van der Waals surface area contributed by atoms with Crippen molar-refractivity contribution < 1.29 is 0 Å². The van der Waals surface area contributed by atoms with Crippen LogP contribution in [0, 0.1) is 0 Å². The zero-order valence-corrected chi connectivity index (χ0v) is 11.8. The van der Waals surface area contributed by atoms with Gasteiger partial charge in [0.15, 0.2) is 0 Å². The molecule has 1 heteroatoms. The molecule has 0 nitrogen and oxygen atoms in total. The summed E-state index contributed by atoms with van der Waals surface area (Å²) in [5.74, 6) is 0. The van der Waals surface area contributed by atoms with E-state index in [1.807, 2.05) is 0 Å². The normalized spacial score (nSPS) is 28.6. The molecule has 0 aliphatic heterocycles.